The molecule has 0 amide bonds. The van der Waals surface area contributed by atoms with Gasteiger partial charge in [0.25, 0.3) is 0 Å². The lowest BCUT2D eigenvalue weighted by Gasteiger charge is -2.18. The molecule has 0 aliphatic rings. The molecule has 0 radical (unpaired) electrons. The van der Waals surface area contributed by atoms with Gasteiger partial charge in [-0.05, 0) is 42.7 Å². The second-order valence-corrected chi connectivity index (χ2v) is 4.61. The van der Waals surface area contributed by atoms with Gasteiger partial charge in [0.15, 0.2) is 0 Å². The number of benzene rings is 2. The van der Waals surface area contributed by atoms with E-state index in [9.17, 15) is 0 Å². The average Bonchev–Trinajstić information content (AvgIpc) is 2.44. The maximum Gasteiger partial charge on any atom is 0.120 e. The lowest BCUT2D eigenvalue weighted by molar-refractivity contribution is 0.223. The zero-order valence-electron chi connectivity index (χ0n) is 11.7. The highest BCUT2D eigenvalue weighted by atomic mass is 16.5. The molecule has 0 unspecified atom stereocenters. The molecule has 0 saturated heterocycles. The van der Waals surface area contributed by atoms with Crippen molar-refractivity contribution in [3.8, 4) is 5.75 Å². The maximum atomic E-state index is 5.93. The van der Waals surface area contributed by atoms with Crippen LogP contribution in [0.1, 0.15) is 13.8 Å². The van der Waals surface area contributed by atoms with Crippen LogP contribution in [0.5, 0.6) is 5.75 Å². The van der Waals surface area contributed by atoms with Crippen molar-refractivity contribution in [1.29, 1.82) is 0 Å². The van der Waals surface area contributed by atoms with Crippen LogP contribution in [0.15, 0.2) is 36.4 Å². The van der Waals surface area contributed by atoms with Crippen molar-refractivity contribution in [2.45, 2.75) is 13.8 Å². The van der Waals surface area contributed by atoms with Crippen LogP contribution < -0.4 is 10.5 Å². The number of hydrogen-bond donors (Lipinski definition) is 1. The summed E-state index contributed by atoms with van der Waals surface area (Å²) in [4.78, 5) is 2.35. The Balaban J connectivity index is 2.02. The van der Waals surface area contributed by atoms with Crippen molar-refractivity contribution in [2.75, 3.05) is 32.0 Å². The summed E-state index contributed by atoms with van der Waals surface area (Å²) in [6, 6.07) is 12.0. The SMILES string of the molecule is CCN(CC)CCOc1ccc2c(N)cccc2c1. The first-order chi connectivity index (χ1) is 9.24. The highest BCUT2D eigenvalue weighted by molar-refractivity contribution is 5.93. The van der Waals surface area contributed by atoms with E-state index >= 15 is 0 Å². The van der Waals surface area contributed by atoms with E-state index in [1.165, 1.54) is 0 Å². The van der Waals surface area contributed by atoms with Gasteiger partial charge in [-0.25, -0.2) is 0 Å². The molecule has 0 aliphatic heterocycles. The Bertz CT molecular complexity index is 535. The normalized spacial score (nSPS) is 11.1. The zero-order valence-corrected chi connectivity index (χ0v) is 11.7. The highest BCUT2D eigenvalue weighted by Gasteiger charge is 2.02. The standard InChI is InChI=1S/C16H22N2O/c1-3-18(4-2)10-11-19-14-8-9-15-13(12-14)6-5-7-16(15)17/h5-9,12H,3-4,10-11,17H2,1-2H3. The fourth-order valence-corrected chi connectivity index (χ4v) is 2.21. The molecule has 0 saturated carbocycles. The third-order valence-electron chi connectivity index (χ3n) is 3.46. The second-order valence-electron chi connectivity index (χ2n) is 4.61. The number of hydrogen-bond acceptors (Lipinski definition) is 3. The molecule has 0 aliphatic carbocycles. The van der Waals surface area contributed by atoms with Gasteiger partial charge in [0.1, 0.15) is 12.4 Å². The number of nitrogens with zero attached hydrogens (tertiary/aromatic N) is 1. The molecule has 2 aromatic rings. The van der Waals surface area contributed by atoms with Crippen molar-refractivity contribution >= 4 is 16.5 Å². The van der Waals surface area contributed by atoms with Gasteiger partial charge in [-0.15, -0.1) is 0 Å². The van der Waals surface area contributed by atoms with E-state index in [0.717, 1.165) is 48.5 Å². The van der Waals surface area contributed by atoms with Crippen molar-refractivity contribution < 1.29 is 4.74 Å². The summed E-state index contributed by atoms with van der Waals surface area (Å²) in [5, 5.41) is 2.21. The molecule has 2 N–H and O–H groups in total. The van der Waals surface area contributed by atoms with Crippen LogP contribution in [0.2, 0.25) is 0 Å². The topological polar surface area (TPSA) is 38.5 Å². The second kappa shape index (κ2) is 6.43. The van der Waals surface area contributed by atoms with E-state index in [0.29, 0.717) is 0 Å². The van der Waals surface area contributed by atoms with Crippen molar-refractivity contribution in [1.82, 2.24) is 4.90 Å². The minimum Gasteiger partial charge on any atom is -0.492 e. The number of rotatable bonds is 6. The lowest BCUT2D eigenvalue weighted by atomic mass is 10.1. The van der Waals surface area contributed by atoms with Crippen molar-refractivity contribution in [3.63, 3.8) is 0 Å². The third kappa shape index (κ3) is 3.38. The summed E-state index contributed by atoms with van der Waals surface area (Å²) in [5.41, 5.74) is 6.75. The first-order valence-electron chi connectivity index (χ1n) is 6.88. The third-order valence-corrected chi connectivity index (χ3v) is 3.46. The molecule has 0 aromatic heterocycles. The van der Waals surface area contributed by atoms with E-state index in [4.69, 9.17) is 10.5 Å². The average molecular weight is 258 g/mol. The molecule has 0 spiro atoms. The molecule has 2 aromatic carbocycles. The Labute approximate surface area is 115 Å². The molecule has 0 heterocycles. The number of likely N-dealkylation sites (N-methyl/N-ethyl adjacent to an activating group) is 1. The molecule has 0 bridgehead atoms. The molecule has 19 heavy (non-hydrogen) atoms. The van der Waals surface area contributed by atoms with Crippen LogP contribution in [-0.4, -0.2) is 31.1 Å². The van der Waals surface area contributed by atoms with Gasteiger partial charge in [-0.2, -0.15) is 0 Å². The van der Waals surface area contributed by atoms with Crippen LogP contribution in [0.4, 0.5) is 5.69 Å². The van der Waals surface area contributed by atoms with E-state index < -0.39 is 0 Å². The first kappa shape index (κ1) is 13.7. The Morgan fingerprint density at radius 2 is 1.89 bits per heavy atom. The van der Waals surface area contributed by atoms with Crippen LogP contribution >= 0.6 is 0 Å². The number of fused-ring (bicyclic) bond motifs is 1. The summed E-state index contributed by atoms with van der Waals surface area (Å²) in [7, 11) is 0. The smallest absolute Gasteiger partial charge is 0.120 e. The molecule has 0 fully saturated rings. The summed E-state index contributed by atoms with van der Waals surface area (Å²) in [6.45, 7) is 8.14. The quantitative estimate of drug-likeness (QED) is 0.809. The van der Waals surface area contributed by atoms with Crippen molar-refractivity contribution in [3.05, 3.63) is 36.4 Å². The molecular formula is C16H22N2O. The molecule has 3 nitrogen and oxygen atoms in total. The zero-order chi connectivity index (χ0) is 13.7. The minimum atomic E-state index is 0.718. The Hall–Kier alpha value is -1.74. The first-order valence-corrected chi connectivity index (χ1v) is 6.88. The van der Waals surface area contributed by atoms with E-state index in [2.05, 4.69) is 24.8 Å². The lowest BCUT2D eigenvalue weighted by Crippen LogP contribution is -2.27. The van der Waals surface area contributed by atoms with Gasteiger partial charge in [0.2, 0.25) is 0 Å². The largest absolute Gasteiger partial charge is 0.492 e. The van der Waals surface area contributed by atoms with Gasteiger partial charge in [-0.1, -0.05) is 26.0 Å². The summed E-state index contributed by atoms with van der Waals surface area (Å²) < 4.78 is 5.81. The van der Waals surface area contributed by atoms with Crippen LogP contribution in [-0.2, 0) is 0 Å². The Morgan fingerprint density at radius 1 is 1.11 bits per heavy atom. The molecule has 0 atom stereocenters. The highest BCUT2D eigenvalue weighted by Crippen LogP contribution is 2.25. The summed E-state index contributed by atoms with van der Waals surface area (Å²) >= 11 is 0. The minimum absolute atomic E-state index is 0.718. The molecule has 3 heteroatoms. The summed E-state index contributed by atoms with van der Waals surface area (Å²) in [5.74, 6) is 0.908. The number of anilines is 1. The van der Waals surface area contributed by atoms with Gasteiger partial charge >= 0.3 is 0 Å². The van der Waals surface area contributed by atoms with Crippen molar-refractivity contribution in [2.24, 2.45) is 0 Å². The van der Waals surface area contributed by atoms with Gasteiger partial charge in [0, 0.05) is 17.6 Å². The van der Waals surface area contributed by atoms with Gasteiger partial charge in [0.05, 0.1) is 0 Å². The van der Waals surface area contributed by atoms with Crippen LogP contribution in [0, 0.1) is 0 Å². The van der Waals surface area contributed by atoms with Gasteiger partial charge < -0.3 is 15.4 Å². The summed E-state index contributed by atoms with van der Waals surface area (Å²) in [6.07, 6.45) is 0. The van der Waals surface area contributed by atoms with E-state index in [1.807, 2.05) is 30.3 Å². The molecule has 102 valence electrons. The maximum absolute atomic E-state index is 5.93. The monoisotopic (exact) mass is 258 g/mol. The predicted octanol–water partition coefficient (Wildman–Crippen LogP) is 3.14. The van der Waals surface area contributed by atoms with E-state index in [-0.39, 0.29) is 0 Å². The van der Waals surface area contributed by atoms with Gasteiger partial charge in [-0.3, -0.25) is 0 Å². The fraction of sp³-hybridized carbons (Fsp3) is 0.375. The number of nitrogen functional groups attached to an aromatic ring is 1. The number of nitrogens with two attached hydrogens (primary N) is 1. The molecular weight excluding hydrogens is 236 g/mol. The fourth-order valence-electron chi connectivity index (χ4n) is 2.21. The van der Waals surface area contributed by atoms with Crippen LogP contribution in [0.3, 0.4) is 0 Å². The number of ether oxygens (including phenoxy) is 1. The van der Waals surface area contributed by atoms with E-state index in [1.54, 1.807) is 0 Å². The Morgan fingerprint density at radius 3 is 2.63 bits per heavy atom. The molecule has 2 rings (SSSR count). The Kier molecular flexibility index (Phi) is 4.63. The van der Waals surface area contributed by atoms with Crippen LogP contribution in [0.25, 0.3) is 10.8 Å². The predicted molar refractivity (Wildman–Crippen MR) is 81.6 cm³/mol.